The molecule has 0 aromatic carbocycles. The number of esters is 1. The average Bonchev–Trinajstić information content (AvgIpc) is 3.15. The molecule has 0 unspecified atom stereocenters. The van der Waals surface area contributed by atoms with E-state index in [4.69, 9.17) is 18.9 Å². The van der Waals surface area contributed by atoms with Crippen LogP contribution in [0.4, 0.5) is 0 Å². The fourth-order valence-electron chi connectivity index (χ4n) is 10.1. The molecule has 2 saturated heterocycles. The lowest BCUT2D eigenvalue weighted by Gasteiger charge is -2.64. The van der Waals surface area contributed by atoms with Gasteiger partial charge in [-0.2, -0.15) is 0 Å². The molecule has 13 nitrogen and oxygen atoms in total. The van der Waals surface area contributed by atoms with Crippen LogP contribution >= 0.6 is 0 Å². The smallest absolute Gasteiger partial charge is 0.314 e. The average molecular weight is 615 g/mol. The molecule has 244 valence electrons. The van der Waals surface area contributed by atoms with Crippen molar-refractivity contribution in [2.45, 2.75) is 139 Å². The largest absolute Gasteiger partial charge is 0.432 e. The van der Waals surface area contributed by atoms with Gasteiger partial charge in [-0.15, -0.1) is 0 Å². The third-order valence-electron chi connectivity index (χ3n) is 12.2. The van der Waals surface area contributed by atoms with Gasteiger partial charge in [0, 0.05) is 0 Å². The van der Waals surface area contributed by atoms with Crippen LogP contribution in [-0.4, -0.2) is 114 Å². The van der Waals surface area contributed by atoms with Crippen LogP contribution in [0.2, 0.25) is 0 Å². The summed E-state index contributed by atoms with van der Waals surface area (Å²) >= 11 is 0. The minimum absolute atomic E-state index is 0.0596. The molecule has 2 heterocycles. The third kappa shape index (κ3) is 4.65. The Kier molecular flexibility index (Phi) is 7.87. The minimum Gasteiger partial charge on any atom is -0.432 e. The first-order valence-corrected chi connectivity index (χ1v) is 15.4. The van der Waals surface area contributed by atoms with Crippen molar-refractivity contribution >= 4 is 5.97 Å². The highest BCUT2D eigenvalue weighted by molar-refractivity contribution is 5.77. The lowest BCUT2D eigenvalue weighted by Crippen LogP contribution is -2.62. The molecule has 0 amide bonds. The van der Waals surface area contributed by atoms with Crippen molar-refractivity contribution in [2.75, 3.05) is 0 Å². The lowest BCUT2D eigenvalue weighted by molar-refractivity contribution is -0.359. The van der Waals surface area contributed by atoms with Crippen LogP contribution in [0, 0.1) is 28.1 Å². The Morgan fingerprint density at radius 1 is 0.767 bits per heavy atom. The molecule has 16 atom stereocenters. The molecule has 0 aromatic rings. The van der Waals surface area contributed by atoms with Gasteiger partial charge in [0.2, 0.25) is 6.29 Å². The minimum atomic E-state index is -1.81. The summed E-state index contributed by atoms with van der Waals surface area (Å²) in [6.45, 7) is 8.48. The lowest BCUT2D eigenvalue weighted by atomic mass is 9.41. The Bertz CT molecular complexity index is 1120. The van der Waals surface area contributed by atoms with Gasteiger partial charge in [-0.3, -0.25) is 4.79 Å². The number of aliphatic hydroxyl groups excluding tert-OH is 8. The highest BCUT2D eigenvalue weighted by atomic mass is 16.8. The van der Waals surface area contributed by atoms with E-state index in [2.05, 4.69) is 13.5 Å². The van der Waals surface area contributed by atoms with E-state index in [0.29, 0.717) is 32.1 Å². The molecule has 2 aliphatic heterocycles. The first-order valence-electron chi connectivity index (χ1n) is 15.4. The SMILES string of the molecule is C=C1C[C@@]23CC[C@H]4[C@@](C)(CCC[C@@]4(C)C(=O)O[C@H]4O[C@@H](O)[C@H](O)[C@@H](O)[C@@H]4O)[C@@H]2CC[C@]1(O[C@H]1O[C@@H](O)[C@H](O)[C@@H](O)[C@@H]1O)C3. The van der Waals surface area contributed by atoms with E-state index in [-0.39, 0.29) is 22.7 Å². The summed E-state index contributed by atoms with van der Waals surface area (Å²) in [5.74, 6) is -0.422. The van der Waals surface area contributed by atoms with Crippen molar-refractivity contribution in [3.05, 3.63) is 12.2 Å². The third-order valence-corrected chi connectivity index (χ3v) is 12.2. The molecule has 6 fully saturated rings. The number of carbonyl (C=O) groups is 1. The van der Waals surface area contributed by atoms with E-state index < -0.39 is 78.8 Å². The number of fused-ring (bicyclic) bond motifs is 3. The fraction of sp³-hybridized carbons (Fsp3) is 0.900. The van der Waals surface area contributed by atoms with E-state index >= 15 is 0 Å². The Hall–Kier alpha value is -1.23. The first kappa shape index (κ1) is 31.7. The molecule has 4 saturated carbocycles. The van der Waals surface area contributed by atoms with Crippen molar-refractivity contribution in [1.29, 1.82) is 0 Å². The van der Waals surface area contributed by atoms with E-state index in [1.165, 1.54) is 0 Å². The predicted molar refractivity (Wildman–Crippen MR) is 144 cm³/mol. The van der Waals surface area contributed by atoms with Gasteiger partial charge in [0.05, 0.1) is 11.0 Å². The molecule has 0 radical (unpaired) electrons. The maximum Gasteiger partial charge on any atom is 0.314 e. The summed E-state index contributed by atoms with van der Waals surface area (Å²) in [5, 5.41) is 80.9. The van der Waals surface area contributed by atoms with Crippen LogP contribution in [0.25, 0.3) is 0 Å². The second kappa shape index (κ2) is 10.7. The van der Waals surface area contributed by atoms with E-state index in [1.54, 1.807) is 0 Å². The highest BCUT2D eigenvalue weighted by Crippen LogP contribution is 2.73. The van der Waals surface area contributed by atoms with E-state index in [1.807, 2.05) is 6.92 Å². The number of hydrogen-bond donors (Lipinski definition) is 8. The fourth-order valence-corrected chi connectivity index (χ4v) is 10.1. The highest BCUT2D eigenvalue weighted by Gasteiger charge is 2.69. The Labute approximate surface area is 250 Å². The summed E-state index contributed by atoms with van der Waals surface area (Å²) in [5.41, 5.74) is -1.31. The van der Waals surface area contributed by atoms with Crippen LogP contribution in [0.15, 0.2) is 12.2 Å². The van der Waals surface area contributed by atoms with Crippen LogP contribution in [0.5, 0.6) is 0 Å². The summed E-state index contributed by atoms with van der Waals surface area (Å²) in [7, 11) is 0. The number of aliphatic hydroxyl groups is 8. The van der Waals surface area contributed by atoms with Crippen LogP contribution in [-0.2, 0) is 23.7 Å². The van der Waals surface area contributed by atoms with Crippen molar-refractivity contribution in [3.8, 4) is 0 Å². The first-order chi connectivity index (χ1) is 20.1. The monoisotopic (exact) mass is 614 g/mol. The van der Waals surface area contributed by atoms with Gasteiger partial charge in [0.1, 0.15) is 36.6 Å². The number of ether oxygens (including phenoxy) is 4. The zero-order chi connectivity index (χ0) is 31.3. The maximum atomic E-state index is 13.8. The van der Waals surface area contributed by atoms with Gasteiger partial charge < -0.3 is 59.8 Å². The van der Waals surface area contributed by atoms with Gasteiger partial charge in [-0.25, -0.2) is 0 Å². The van der Waals surface area contributed by atoms with Crippen LogP contribution in [0.3, 0.4) is 0 Å². The van der Waals surface area contributed by atoms with E-state index in [0.717, 1.165) is 31.3 Å². The van der Waals surface area contributed by atoms with E-state index in [9.17, 15) is 45.6 Å². The molecule has 2 bridgehead atoms. The van der Waals surface area contributed by atoms with Gasteiger partial charge in [-0.05, 0) is 86.5 Å². The van der Waals surface area contributed by atoms with Crippen molar-refractivity contribution in [3.63, 3.8) is 0 Å². The second-order valence-electron chi connectivity index (χ2n) is 14.5. The quantitative estimate of drug-likeness (QED) is 0.110. The standard InChI is InChI=1S/C30H46O13/c1-13-11-29-9-5-14-27(2,7-4-8-28(14,3)26(39)42-24-20(35)16(31)18(33)22(37)40-24)15(29)6-10-30(13,12-29)43-25-21(36)17(32)19(34)23(38)41-25/h14-25,31-38H,1,4-12H2,2-3H3/t14-,15-,16+,17+,18+,19+,20-,21-,22+,23+,24+,25+,27+,28+,29+,30-/m0/s1. The Morgan fingerprint density at radius 3 is 2.00 bits per heavy atom. The van der Waals surface area contributed by atoms with Gasteiger partial charge in [-0.1, -0.05) is 19.9 Å². The summed E-state index contributed by atoms with van der Waals surface area (Å²) in [6.07, 6.45) is -10.1. The van der Waals surface area contributed by atoms with Crippen LogP contribution in [0.1, 0.15) is 71.6 Å². The Morgan fingerprint density at radius 2 is 1.35 bits per heavy atom. The number of hydrogen-bond acceptors (Lipinski definition) is 13. The summed E-state index contributed by atoms with van der Waals surface area (Å²) in [4.78, 5) is 13.8. The molecular weight excluding hydrogens is 568 g/mol. The number of rotatable bonds is 4. The Balaban J connectivity index is 1.21. The predicted octanol–water partition coefficient (Wildman–Crippen LogP) is -0.847. The van der Waals surface area contributed by atoms with Crippen molar-refractivity contribution in [1.82, 2.24) is 0 Å². The molecule has 8 N–H and O–H groups in total. The van der Waals surface area contributed by atoms with Gasteiger partial charge in [0.25, 0.3) is 0 Å². The molecule has 0 aromatic heterocycles. The molecule has 1 spiro atoms. The number of carbonyl (C=O) groups excluding carboxylic acids is 1. The molecule has 6 rings (SSSR count). The normalized spacial score (nSPS) is 56.7. The van der Waals surface area contributed by atoms with Gasteiger partial charge in [0.15, 0.2) is 18.9 Å². The molecular formula is C30H46O13. The maximum absolute atomic E-state index is 13.8. The zero-order valence-electron chi connectivity index (χ0n) is 24.6. The molecule has 43 heavy (non-hydrogen) atoms. The molecule has 13 heteroatoms. The molecule has 6 aliphatic rings. The van der Waals surface area contributed by atoms with Crippen molar-refractivity contribution in [2.24, 2.45) is 28.1 Å². The second-order valence-corrected chi connectivity index (χ2v) is 14.5. The summed E-state index contributed by atoms with van der Waals surface area (Å²) < 4.78 is 22.5. The van der Waals surface area contributed by atoms with Crippen molar-refractivity contribution < 1.29 is 64.6 Å². The zero-order valence-corrected chi connectivity index (χ0v) is 24.6. The topological polar surface area (TPSA) is 216 Å². The summed E-state index contributed by atoms with van der Waals surface area (Å²) in [6, 6.07) is 0. The van der Waals surface area contributed by atoms with Crippen LogP contribution < -0.4 is 0 Å². The van der Waals surface area contributed by atoms with Gasteiger partial charge >= 0.3 is 5.97 Å². The molecule has 4 aliphatic carbocycles.